The molecule has 0 fully saturated rings. The number of rotatable bonds is 6. The molecular formula is C17H15ClFNO4. The summed E-state index contributed by atoms with van der Waals surface area (Å²) in [6.45, 7) is 0.0136. The third-order valence-corrected chi connectivity index (χ3v) is 3.68. The summed E-state index contributed by atoms with van der Waals surface area (Å²) in [4.78, 5) is 23.1. The second kappa shape index (κ2) is 8.31. The summed E-state index contributed by atoms with van der Waals surface area (Å²) in [7, 11) is 0. The van der Waals surface area contributed by atoms with Gasteiger partial charge in [-0.15, -0.1) is 0 Å². The zero-order valence-electron chi connectivity index (χ0n) is 12.5. The van der Waals surface area contributed by atoms with Crippen LogP contribution in [0.25, 0.3) is 0 Å². The van der Waals surface area contributed by atoms with Crippen LogP contribution in [0.3, 0.4) is 0 Å². The van der Waals surface area contributed by atoms with Crippen LogP contribution in [0.2, 0.25) is 5.02 Å². The van der Waals surface area contributed by atoms with Gasteiger partial charge in [0.25, 0.3) is 0 Å². The van der Waals surface area contributed by atoms with Crippen molar-refractivity contribution in [1.82, 2.24) is 5.32 Å². The maximum absolute atomic E-state index is 13.4. The number of hydrogen-bond donors (Lipinski definition) is 2. The molecule has 1 atom stereocenters. The lowest BCUT2D eigenvalue weighted by atomic mass is 10.1. The number of amides is 1. The second-order valence-electron chi connectivity index (χ2n) is 5.01. The van der Waals surface area contributed by atoms with E-state index in [1.54, 1.807) is 24.3 Å². The fourth-order valence-electron chi connectivity index (χ4n) is 2.03. The van der Waals surface area contributed by atoms with Crippen molar-refractivity contribution >= 4 is 23.7 Å². The van der Waals surface area contributed by atoms with Crippen molar-refractivity contribution in [2.75, 3.05) is 0 Å². The number of carbonyl (C=O) groups excluding carboxylic acids is 1. The number of ether oxygens (including phenoxy) is 1. The Morgan fingerprint density at radius 3 is 2.54 bits per heavy atom. The van der Waals surface area contributed by atoms with E-state index >= 15 is 0 Å². The molecule has 1 amide bonds. The first kappa shape index (κ1) is 17.7. The van der Waals surface area contributed by atoms with Gasteiger partial charge in [-0.25, -0.2) is 14.0 Å². The van der Waals surface area contributed by atoms with E-state index in [0.717, 1.165) is 5.56 Å². The fraction of sp³-hybridized carbons (Fsp3) is 0.176. The first-order valence-electron chi connectivity index (χ1n) is 7.10. The van der Waals surface area contributed by atoms with Gasteiger partial charge in [-0.2, -0.15) is 0 Å². The molecular weight excluding hydrogens is 337 g/mol. The predicted molar refractivity (Wildman–Crippen MR) is 86.3 cm³/mol. The monoisotopic (exact) mass is 351 g/mol. The highest BCUT2D eigenvalue weighted by molar-refractivity contribution is 6.31. The Balaban J connectivity index is 1.96. The average molecular weight is 352 g/mol. The second-order valence-corrected chi connectivity index (χ2v) is 5.39. The molecule has 0 saturated heterocycles. The van der Waals surface area contributed by atoms with Gasteiger partial charge in [0, 0.05) is 6.42 Å². The van der Waals surface area contributed by atoms with Gasteiger partial charge in [0.1, 0.15) is 18.5 Å². The highest BCUT2D eigenvalue weighted by Crippen LogP contribution is 2.21. The number of alkyl carbamates (subject to hydrolysis) is 1. The number of carbonyl (C=O) groups is 2. The van der Waals surface area contributed by atoms with Crippen LogP contribution in [-0.4, -0.2) is 23.2 Å². The Hall–Kier alpha value is -2.60. The number of aliphatic carboxylic acids is 1. The summed E-state index contributed by atoms with van der Waals surface area (Å²) < 4.78 is 18.4. The molecule has 0 aromatic heterocycles. The highest BCUT2D eigenvalue weighted by atomic mass is 35.5. The molecule has 0 saturated carbocycles. The van der Waals surface area contributed by atoms with Crippen molar-refractivity contribution in [3.8, 4) is 0 Å². The molecule has 1 unspecified atom stereocenters. The molecule has 7 heteroatoms. The fourth-order valence-corrected chi connectivity index (χ4v) is 2.24. The number of nitrogens with one attached hydrogen (secondary N) is 1. The van der Waals surface area contributed by atoms with Gasteiger partial charge < -0.3 is 15.2 Å². The topological polar surface area (TPSA) is 75.6 Å². The standard InChI is InChI=1S/C17H15ClFNO4/c18-15-12(7-4-8-13(15)19)9-14(16(21)22)20-17(23)24-10-11-5-2-1-3-6-11/h1-8,14H,9-10H2,(H,20,23)(H,21,22). The van der Waals surface area contributed by atoms with E-state index in [1.807, 2.05) is 6.07 Å². The number of benzene rings is 2. The van der Waals surface area contributed by atoms with Crippen LogP contribution in [0.4, 0.5) is 9.18 Å². The number of halogens is 2. The van der Waals surface area contributed by atoms with Crippen LogP contribution in [0.5, 0.6) is 0 Å². The SMILES string of the molecule is O=C(NC(Cc1cccc(F)c1Cl)C(=O)O)OCc1ccccc1. The number of hydrogen-bond acceptors (Lipinski definition) is 3. The first-order chi connectivity index (χ1) is 11.5. The van der Waals surface area contributed by atoms with Crippen molar-refractivity contribution in [2.24, 2.45) is 0 Å². The van der Waals surface area contributed by atoms with Gasteiger partial charge in [0.05, 0.1) is 5.02 Å². The summed E-state index contributed by atoms with van der Waals surface area (Å²) in [6.07, 6.45) is -1.04. The zero-order chi connectivity index (χ0) is 17.5. The van der Waals surface area contributed by atoms with Crippen LogP contribution >= 0.6 is 11.6 Å². The minimum absolute atomic E-state index is 0.0136. The smallest absolute Gasteiger partial charge is 0.408 e. The summed E-state index contributed by atoms with van der Waals surface area (Å²) >= 11 is 5.81. The van der Waals surface area contributed by atoms with Crippen molar-refractivity contribution < 1.29 is 23.8 Å². The van der Waals surface area contributed by atoms with E-state index < -0.39 is 23.9 Å². The quantitative estimate of drug-likeness (QED) is 0.836. The molecule has 0 aliphatic heterocycles. The Morgan fingerprint density at radius 1 is 1.17 bits per heavy atom. The lowest BCUT2D eigenvalue weighted by molar-refractivity contribution is -0.139. The molecule has 0 aliphatic carbocycles. The molecule has 0 aliphatic rings. The van der Waals surface area contributed by atoms with Gasteiger partial charge >= 0.3 is 12.1 Å². The molecule has 0 spiro atoms. The number of carboxylic acids is 1. The minimum Gasteiger partial charge on any atom is -0.480 e. The Bertz CT molecular complexity index is 724. The molecule has 2 N–H and O–H groups in total. The maximum Gasteiger partial charge on any atom is 0.408 e. The summed E-state index contributed by atoms with van der Waals surface area (Å²) in [5.74, 6) is -1.92. The van der Waals surface area contributed by atoms with E-state index in [1.165, 1.54) is 18.2 Å². The highest BCUT2D eigenvalue weighted by Gasteiger charge is 2.23. The van der Waals surface area contributed by atoms with Crippen molar-refractivity contribution in [3.05, 3.63) is 70.5 Å². The molecule has 2 rings (SSSR count). The van der Waals surface area contributed by atoms with Crippen LogP contribution in [0.1, 0.15) is 11.1 Å². The lowest BCUT2D eigenvalue weighted by Gasteiger charge is -2.15. The van der Waals surface area contributed by atoms with Crippen molar-refractivity contribution in [3.63, 3.8) is 0 Å². The lowest BCUT2D eigenvalue weighted by Crippen LogP contribution is -2.42. The van der Waals surface area contributed by atoms with Gasteiger partial charge in [-0.3, -0.25) is 0 Å². The van der Waals surface area contributed by atoms with Gasteiger partial charge in [0.2, 0.25) is 0 Å². The van der Waals surface area contributed by atoms with Crippen molar-refractivity contribution in [2.45, 2.75) is 19.1 Å². The van der Waals surface area contributed by atoms with E-state index in [4.69, 9.17) is 16.3 Å². The summed E-state index contributed by atoms with van der Waals surface area (Å²) in [6, 6.07) is 11.8. The number of carboxylic acid groups (broad SMARTS) is 1. The van der Waals surface area contributed by atoms with Gasteiger partial charge in [0.15, 0.2) is 0 Å². The van der Waals surface area contributed by atoms with E-state index in [9.17, 15) is 19.1 Å². The minimum atomic E-state index is -1.28. The van der Waals surface area contributed by atoms with E-state index in [0.29, 0.717) is 0 Å². The normalized spacial score (nSPS) is 11.6. The van der Waals surface area contributed by atoms with Crippen LogP contribution < -0.4 is 5.32 Å². The summed E-state index contributed by atoms with van der Waals surface area (Å²) in [5, 5.41) is 11.3. The Kier molecular flexibility index (Phi) is 6.14. The molecule has 5 nitrogen and oxygen atoms in total. The van der Waals surface area contributed by atoms with Gasteiger partial charge in [-0.05, 0) is 17.2 Å². The van der Waals surface area contributed by atoms with Crippen LogP contribution in [0.15, 0.2) is 48.5 Å². The Morgan fingerprint density at radius 2 is 1.88 bits per heavy atom. The molecule has 24 heavy (non-hydrogen) atoms. The van der Waals surface area contributed by atoms with Crippen LogP contribution in [0, 0.1) is 5.82 Å². The van der Waals surface area contributed by atoms with Gasteiger partial charge in [-0.1, -0.05) is 54.1 Å². The van der Waals surface area contributed by atoms with E-state index in [-0.39, 0.29) is 23.6 Å². The third-order valence-electron chi connectivity index (χ3n) is 3.26. The largest absolute Gasteiger partial charge is 0.480 e. The van der Waals surface area contributed by atoms with E-state index in [2.05, 4.69) is 5.32 Å². The molecule has 2 aromatic rings. The molecule has 0 radical (unpaired) electrons. The molecule has 126 valence electrons. The molecule has 0 heterocycles. The average Bonchev–Trinajstić information content (AvgIpc) is 2.57. The maximum atomic E-state index is 13.4. The third kappa shape index (κ3) is 4.96. The Labute approximate surface area is 143 Å². The molecule has 0 bridgehead atoms. The predicted octanol–water partition coefficient (Wildman–Crippen LogP) is 3.40. The zero-order valence-corrected chi connectivity index (χ0v) is 13.3. The van der Waals surface area contributed by atoms with Crippen LogP contribution in [-0.2, 0) is 22.6 Å². The first-order valence-corrected chi connectivity index (χ1v) is 7.48. The summed E-state index contributed by atoms with van der Waals surface area (Å²) in [5.41, 5.74) is 1.06. The van der Waals surface area contributed by atoms with Crippen molar-refractivity contribution in [1.29, 1.82) is 0 Å². The molecule has 2 aromatic carbocycles.